The van der Waals surface area contributed by atoms with E-state index >= 15 is 0 Å². The number of hydrogen-bond donors (Lipinski definition) is 0. The van der Waals surface area contributed by atoms with Crippen molar-refractivity contribution >= 4 is 11.9 Å². The van der Waals surface area contributed by atoms with Gasteiger partial charge in [0.05, 0.1) is 12.2 Å². The number of carbonyl (C=O) groups excluding carboxylic acids is 2. The third-order valence-corrected chi connectivity index (χ3v) is 5.63. The fourth-order valence-electron chi connectivity index (χ4n) is 3.90. The van der Waals surface area contributed by atoms with Crippen molar-refractivity contribution in [3.63, 3.8) is 0 Å². The molecule has 0 radical (unpaired) electrons. The molecule has 0 fully saturated rings. The molecule has 1 aromatic heterocycles. The normalized spacial score (nSPS) is 10.7. The molecule has 5 nitrogen and oxygen atoms in total. The first-order valence-electron chi connectivity index (χ1n) is 10.6. The van der Waals surface area contributed by atoms with Crippen molar-refractivity contribution < 1.29 is 14.3 Å². The first-order chi connectivity index (χ1) is 14.9. The van der Waals surface area contributed by atoms with Crippen LogP contribution in [0.15, 0.2) is 60.7 Å². The molecule has 2 aromatic carbocycles. The quantitative estimate of drug-likeness (QED) is 0.498. The smallest absolute Gasteiger partial charge is 0.355 e. The summed E-state index contributed by atoms with van der Waals surface area (Å²) in [6.07, 6.45) is 0.759. The van der Waals surface area contributed by atoms with Crippen molar-refractivity contribution in [1.82, 2.24) is 9.47 Å². The first kappa shape index (κ1) is 22.3. The molecule has 31 heavy (non-hydrogen) atoms. The van der Waals surface area contributed by atoms with Gasteiger partial charge in [-0.3, -0.25) is 4.79 Å². The van der Waals surface area contributed by atoms with E-state index in [9.17, 15) is 9.59 Å². The molecule has 0 spiro atoms. The summed E-state index contributed by atoms with van der Waals surface area (Å²) in [5.74, 6) is -0.468. The maximum atomic E-state index is 13.7. The minimum absolute atomic E-state index is 0.0686. The molecule has 1 amide bonds. The SMILES string of the molecule is CCOC(=O)c1c(C)c(C(=O)N(CCc2ccccc2)Cc2ccccc2)c(C)n1C. The summed E-state index contributed by atoms with van der Waals surface area (Å²) < 4.78 is 6.98. The molecule has 162 valence electrons. The zero-order valence-electron chi connectivity index (χ0n) is 18.7. The second-order valence-electron chi connectivity index (χ2n) is 7.66. The highest BCUT2D eigenvalue weighted by Crippen LogP contribution is 2.24. The summed E-state index contributed by atoms with van der Waals surface area (Å²) in [5.41, 5.74) is 4.70. The second-order valence-corrected chi connectivity index (χ2v) is 7.66. The summed E-state index contributed by atoms with van der Waals surface area (Å²) in [4.78, 5) is 28.1. The lowest BCUT2D eigenvalue weighted by Crippen LogP contribution is -2.33. The van der Waals surface area contributed by atoms with Gasteiger partial charge in [0.25, 0.3) is 5.91 Å². The zero-order chi connectivity index (χ0) is 22.4. The van der Waals surface area contributed by atoms with Crippen molar-refractivity contribution in [1.29, 1.82) is 0 Å². The van der Waals surface area contributed by atoms with Crippen molar-refractivity contribution in [3.8, 4) is 0 Å². The van der Waals surface area contributed by atoms with Gasteiger partial charge in [-0.25, -0.2) is 4.79 Å². The van der Waals surface area contributed by atoms with Gasteiger partial charge in [-0.05, 0) is 43.9 Å². The number of carbonyl (C=O) groups is 2. The molecule has 1 heterocycles. The van der Waals surface area contributed by atoms with E-state index in [1.54, 1.807) is 18.5 Å². The largest absolute Gasteiger partial charge is 0.461 e. The molecule has 0 N–H and O–H groups in total. The number of ether oxygens (including phenoxy) is 1. The maximum Gasteiger partial charge on any atom is 0.355 e. The maximum absolute atomic E-state index is 13.7. The molecule has 0 aliphatic heterocycles. The van der Waals surface area contributed by atoms with Crippen LogP contribution in [0, 0.1) is 13.8 Å². The van der Waals surface area contributed by atoms with Gasteiger partial charge in [-0.2, -0.15) is 0 Å². The minimum Gasteiger partial charge on any atom is -0.461 e. The van der Waals surface area contributed by atoms with Gasteiger partial charge in [0.2, 0.25) is 0 Å². The van der Waals surface area contributed by atoms with E-state index in [0.717, 1.165) is 17.7 Å². The van der Waals surface area contributed by atoms with Crippen LogP contribution in [0.1, 0.15) is 50.2 Å². The Morgan fingerprint density at radius 3 is 2.10 bits per heavy atom. The molecule has 0 saturated heterocycles. The highest BCUT2D eigenvalue weighted by Gasteiger charge is 2.28. The van der Waals surface area contributed by atoms with Crippen LogP contribution < -0.4 is 0 Å². The van der Waals surface area contributed by atoms with Crippen LogP contribution in [-0.2, 0) is 24.8 Å². The van der Waals surface area contributed by atoms with Crippen molar-refractivity contribution in [3.05, 3.63) is 94.3 Å². The highest BCUT2D eigenvalue weighted by molar-refractivity contribution is 6.01. The first-order valence-corrected chi connectivity index (χ1v) is 10.6. The number of benzene rings is 2. The molecular formula is C26H30N2O3. The van der Waals surface area contributed by atoms with Crippen LogP contribution in [0.3, 0.4) is 0 Å². The van der Waals surface area contributed by atoms with Gasteiger partial charge in [0.15, 0.2) is 0 Å². The van der Waals surface area contributed by atoms with E-state index in [4.69, 9.17) is 4.74 Å². The zero-order valence-corrected chi connectivity index (χ0v) is 18.7. The summed E-state index contributed by atoms with van der Waals surface area (Å²) in [6, 6.07) is 20.1. The van der Waals surface area contributed by atoms with Crippen molar-refractivity contribution in [2.24, 2.45) is 7.05 Å². The number of nitrogens with zero attached hydrogens (tertiary/aromatic N) is 2. The number of hydrogen-bond acceptors (Lipinski definition) is 3. The van der Waals surface area contributed by atoms with Gasteiger partial charge in [0.1, 0.15) is 5.69 Å². The lowest BCUT2D eigenvalue weighted by molar-refractivity contribution is 0.0514. The molecule has 0 bridgehead atoms. The lowest BCUT2D eigenvalue weighted by atomic mass is 10.1. The van der Waals surface area contributed by atoms with Gasteiger partial charge in [0, 0.05) is 25.8 Å². The van der Waals surface area contributed by atoms with Gasteiger partial charge in [-0.1, -0.05) is 60.7 Å². The van der Waals surface area contributed by atoms with Crippen LogP contribution in [0.4, 0.5) is 0 Å². The van der Waals surface area contributed by atoms with Crippen LogP contribution >= 0.6 is 0 Å². The summed E-state index contributed by atoms with van der Waals surface area (Å²) >= 11 is 0. The Morgan fingerprint density at radius 2 is 1.52 bits per heavy atom. The Hall–Kier alpha value is -3.34. The summed E-state index contributed by atoms with van der Waals surface area (Å²) in [5, 5.41) is 0. The number of rotatable bonds is 8. The molecule has 3 aromatic rings. The predicted octanol–water partition coefficient (Wildman–Crippen LogP) is 4.70. The summed E-state index contributed by atoms with van der Waals surface area (Å²) in [7, 11) is 1.80. The Bertz CT molecular complexity index is 1040. The monoisotopic (exact) mass is 418 g/mol. The average Bonchev–Trinajstić information content (AvgIpc) is 3.00. The van der Waals surface area contributed by atoms with Crippen molar-refractivity contribution in [2.75, 3.05) is 13.2 Å². The van der Waals surface area contributed by atoms with E-state index in [-0.39, 0.29) is 5.91 Å². The highest BCUT2D eigenvalue weighted by atomic mass is 16.5. The third-order valence-electron chi connectivity index (χ3n) is 5.63. The molecule has 0 aliphatic carbocycles. The molecule has 5 heteroatoms. The molecule has 0 unspecified atom stereocenters. The Labute approximate surface area is 184 Å². The molecule has 0 aliphatic rings. The minimum atomic E-state index is -0.399. The van der Waals surface area contributed by atoms with Gasteiger partial charge in [-0.15, -0.1) is 0 Å². The number of amides is 1. The second kappa shape index (κ2) is 10.1. The number of aromatic nitrogens is 1. The third kappa shape index (κ3) is 5.05. The van der Waals surface area contributed by atoms with Gasteiger partial charge < -0.3 is 14.2 Å². The average molecular weight is 419 g/mol. The van der Waals surface area contributed by atoms with Crippen LogP contribution in [0.25, 0.3) is 0 Å². The fourth-order valence-corrected chi connectivity index (χ4v) is 3.90. The van der Waals surface area contributed by atoms with Crippen LogP contribution in [0.5, 0.6) is 0 Å². The van der Waals surface area contributed by atoms with Crippen LogP contribution in [-0.4, -0.2) is 34.5 Å². The Balaban J connectivity index is 1.93. The van der Waals surface area contributed by atoms with Crippen LogP contribution in [0.2, 0.25) is 0 Å². The summed E-state index contributed by atoms with van der Waals surface area (Å²) in [6.45, 7) is 6.86. The fraction of sp³-hybridized carbons (Fsp3) is 0.308. The van der Waals surface area contributed by atoms with Crippen molar-refractivity contribution in [2.45, 2.75) is 33.7 Å². The van der Waals surface area contributed by atoms with E-state index in [1.807, 2.05) is 67.3 Å². The Kier molecular flexibility index (Phi) is 7.29. The standard InChI is InChI=1S/C26H30N2O3/c1-5-31-26(30)24-19(2)23(20(3)27(24)4)25(29)28(18-22-14-10-7-11-15-22)17-16-21-12-8-6-9-13-21/h6-15H,5,16-18H2,1-4H3. The van der Waals surface area contributed by atoms with E-state index in [1.165, 1.54) is 5.56 Å². The molecule has 0 saturated carbocycles. The predicted molar refractivity (Wildman–Crippen MR) is 122 cm³/mol. The molecule has 3 rings (SSSR count). The number of esters is 1. The molecule has 0 atom stereocenters. The lowest BCUT2D eigenvalue weighted by Gasteiger charge is -2.24. The topological polar surface area (TPSA) is 51.5 Å². The Morgan fingerprint density at radius 1 is 0.935 bits per heavy atom. The van der Waals surface area contributed by atoms with Gasteiger partial charge >= 0.3 is 5.97 Å². The van der Waals surface area contributed by atoms with E-state index in [0.29, 0.717) is 36.5 Å². The molecular weight excluding hydrogens is 388 g/mol. The van der Waals surface area contributed by atoms with E-state index in [2.05, 4.69) is 12.1 Å². The van der Waals surface area contributed by atoms with E-state index < -0.39 is 5.97 Å².